The summed E-state index contributed by atoms with van der Waals surface area (Å²) < 4.78 is 5.60. The van der Waals surface area contributed by atoms with E-state index in [2.05, 4.69) is 6.58 Å². The Bertz CT molecular complexity index is 1060. The van der Waals surface area contributed by atoms with Crippen molar-refractivity contribution in [3.8, 4) is 5.75 Å². The zero-order valence-electron chi connectivity index (χ0n) is 18.5. The quantitative estimate of drug-likeness (QED) is 0.280. The van der Waals surface area contributed by atoms with Gasteiger partial charge in [-0.2, -0.15) is 0 Å². The van der Waals surface area contributed by atoms with Gasteiger partial charge in [0.2, 0.25) is 0 Å². The Labute approximate surface area is 193 Å². The maximum atomic E-state index is 13.0. The van der Waals surface area contributed by atoms with Crippen LogP contribution in [0, 0.1) is 6.92 Å². The highest BCUT2D eigenvalue weighted by Gasteiger charge is 2.45. The van der Waals surface area contributed by atoms with Crippen LogP contribution in [-0.2, 0) is 9.59 Å². The molecule has 0 radical (unpaired) electrons. The smallest absolute Gasteiger partial charge is 0.295 e. The van der Waals surface area contributed by atoms with Crippen molar-refractivity contribution in [2.45, 2.75) is 13.0 Å². The summed E-state index contributed by atoms with van der Waals surface area (Å²) >= 11 is 6.04. The van der Waals surface area contributed by atoms with Gasteiger partial charge in [0.1, 0.15) is 18.1 Å². The van der Waals surface area contributed by atoms with E-state index in [1.807, 2.05) is 25.9 Å². The summed E-state index contributed by atoms with van der Waals surface area (Å²) in [7, 11) is 3.79. The molecule has 1 saturated heterocycles. The average Bonchev–Trinajstić information content (AvgIpc) is 3.01. The molecule has 6 nitrogen and oxygen atoms in total. The molecule has 2 aromatic rings. The number of benzene rings is 2. The van der Waals surface area contributed by atoms with E-state index in [-0.39, 0.29) is 11.3 Å². The van der Waals surface area contributed by atoms with Crippen molar-refractivity contribution in [2.24, 2.45) is 0 Å². The first-order valence-electron chi connectivity index (χ1n) is 10.3. The molecule has 1 heterocycles. The molecule has 0 unspecified atom stereocenters. The lowest BCUT2D eigenvalue weighted by atomic mass is 9.95. The van der Waals surface area contributed by atoms with Gasteiger partial charge in [-0.05, 0) is 62.5 Å². The van der Waals surface area contributed by atoms with Gasteiger partial charge in [-0.15, -0.1) is 0 Å². The fraction of sp³-hybridized carbons (Fsp3) is 0.280. The SMILES string of the molecule is C=CCOc1ccc(C(O)=C2C(=O)C(=O)N(CCN(C)C)[C@H]2c2ccc(Cl)cc2)cc1C. The van der Waals surface area contributed by atoms with Crippen molar-refractivity contribution < 1.29 is 19.4 Å². The lowest BCUT2D eigenvalue weighted by molar-refractivity contribution is -0.140. The minimum absolute atomic E-state index is 0.0650. The average molecular weight is 455 g/mol. The summed E-state index contributed by atoms with van der Waals surface area (Å²) in [5, 5.41) is 11.7. The Balaban J connectivity index is 2.09. The van der Waals surface area contributed by atoms with Crippen LogP contribution in [0.5, 0.6) is 5.75 Å². The summed E-state index contributed by atoms with van der Waals surface area (Å²) in [6.45, 7) is 6.76. The van der Waals surface area contributed by atoms with Gasteiger partial charge in [0.25, 0.3) is 11.7 Å². The third-order valence-corrected chi connectivity index (χ3v) is 5.57. The van der Waals surface area contributed by atoms with E-state index >= 15 is 0 Å². The normalized spacial score (nSPS) is 17.8. The van der Waals surface area contributed by atoms with E-state index in [1.165, 1.54) is 4.90 Å². The van der Waals surface area contributed by atoms with Crippen LogP contribution >= 0.6 is 11.6 Å². The van der Waals surface area contributed by atoms with Crippen molar-refractivity contribution in [1.29, 1.82) is 0 Å². The maximum absolute atomic E-state index is 13.0. The van der Waals surface area contributed by atoms with Crippen LogP contribution in [0.2, 0.25) is 5.02 Å². The fourth-order valence-electron chi connectivity index (χ4n) is 3.67. The van der Waals surface area contributed by atoms with Crippen LogP contribution in [0.15, 0.2) is 60.7 Å². The van der Waals surface area contributed by atoms with Crippen molar-refractivity contribution in [1.82, 2.24) is 9.80 Å². The number of carbonyl (C=O) groups is 2. The van der Waals surface area contributed by atoms with Crippen molar-refractivity contribution in [2.75, 3.05) is 33.8 Å². The number of aliphatic hydroxyl groups excluding tert-OH is 1. The second kappa shape index (κ2) is 10.0. The lowest BCUT2D eigenvalue weighted by Gasteiger charge is -2.26. The van der Waals surface area contributed by atoms with Gasteiger partial charge < -0.3 is 19.6 Å². The van der Waals surface area contributed by atoms with Crippen molar-refractivity contribution in [3.63, 3.8) is 0 Å². The Morgan fingerprint density at radius 1 is 1.22 bits per heavy atom. The number of hydrogen-bond acceptors (Lipinski definition) is 5. The molecule has 0 spiro atoms. The number of halogens is 1. The third-order valence-electron chi connectivity index (χ3n) is 5.32. The molecule has 1 atom stereocenters. The molecule has 1 aliphatic heterocycles. The van der Waals surface area contributed by atoms with Crippen molar-refractivity contribution >= 4 is 29.1 Å². The molecule has 1 fully saturated rings. The Morgan fingerprint density at radius 3 is 2.50 bits per heavy atom. The van der Waals surface area contributed by atoms with E-state index in [0.717, 1.165) is 5.56 Å². The van der Waals surface area contributed by atoms with E-state index in [1.54, 1.807) is 48.5 Å². The molecule has 1 aliphatic rings. The molecular weight excluding hydrogens is 428 g/mol. The monoisotopic (exact) mass is 454 g/mol. The van der Waals surface area contributed by atoms with E-state index in [0.29, 0.717) is 41.6 Å². The highest BCUT2D eigenvalue weighted by Crippen LogP contribution is 2.40. The third kappa shape index (κ3) is 4.87. The lowest BCUT2D eigenvalue weighted by Crippen LogP contribution is -2.35. The number of likely N-dealkylation sites (N-methyl/N-ethyl adjacent to an activating group) is 1. The Hall–Kier alpha value is -3.09. The van der Waals surface area contributed by atoms with Gasteiger partial charge in [-0.25, -0.2) is 0 Å². The summed E-state index contributed by atoms with van der Waals surface area (Å²) in [6.07, 6.45) is 1.65. The summed E-state index contributed by atoms with van der Waals surface area (Å²) in [6, 6.07) is 11.4. The number of Topliss-reactive ketones (excluding diaryl/α,β-unsaturated/α-hetero) is 1. The number of amides is 1. The van der Waals surface area contributed by atoms with Crippen molar-refractivity contribution in [3.05, 3.63) is 82.4 Å². The molecule has 7 heteroatoms. The second-order valence-corrected chi connectivity index (χ2v) is 8.36. The molecule has 32 heavy (non-hydrogen) atoms. The number of aliphatic hydroxyl groups is 1. The van der Waals surface area contributed by atoms with Crippen LogP contribution < -0.4 is 4.74 Å². The predicted octanol–water partition coefficient (Wildman–Crippen LogP) is 4.20. The van der Waals surface area contributed by atoms with Crippen LogP contribution in [0.3, 0.4) is 0 Å². The molecular formula is C25H27ClN2O4. The molecule has 0 saturated carbocycles. The number of likely N-dealkylation sites (tertiary alicyclic amines) is 1. The van der Waals surface area contributed by atoms with Gasteiger partial charge in [0, 0.05) is 23.7 Å². The van der Waals surface area contributed by atoms with E-state index in [4.69, 9.17) is 16.3 Å². The van der Waals surface area contributed by atoms with Crippen LogP contribution in [0.1, 0.15) is 22.7 Å². The first-order valence-corrected chi connectivity index (χ1v) is 10.7. The topological polar surface area (TPSA) is 70.1 Å². The molecule has 0 bridgehead atoms. The Morgan fingerprint density at radius 2 is 1.91 bits per heavy atom. The van der Waals surface area contributed by atoms with Crippen LogP contribution in [-0.4, -0.2) is 60.4 Å². The molecule has 3 rings (SSSR count). The first-order chi connectivity index (χ1) is 15.2. The molecule has 0 aromatic heterocycles. The van der Waals surface area contributed by atoms with Gasteiger partial charge in [-0.1, -0.05) is 36.4 Å². The van der Waals surface area contributed by atoms with Crippen LogP contribution in [0.4, 0.5) is 0 Å². The van der Waals surface area contributed by atoms with Gasteiger partial charge in [0.15, 0.2) is 0 Å². The number of ether oxygens (including phenoxy) is 1. The second-order valence-electron chi connectivity index (χ2n) is 7.93. The van der Waals surface area contributed by atoms with Gasteiger partial charge in [0.05, 0.1) is 11.6 Å². The maximum Gasteiger partial charge on any atom is 0.295 e. The summed E-state index contributed by atoms with van der Waals surface area (Å²) in [4.78, 5) is 29.4. The van der Waals surface area contributed by atoms with Gasteiger partial charge >= 0.3 is 0 Å². The van der Waals surface area contributed by atoms with Gasteiger partial charge in [-0.3, -0.25) is 9.59 Å². The number of ketones is 1. The standard InChI is InChI=1S/C25H27ClN2O4/c1-5-14-32-20-11-8-18(15-16(20)2)23(29)21-22(17-6-9-19(26)10-7-17)28(13-12-27(3)4)25(31)24(21)30/h5-11,15,22,29H,1,12-14H2,2-4H3/t22-/m0/s1. The summed E-state index contributed by atoms with van der Waals surface area (Å²) in [5.41, 5.74) is 2.01. The fourth-order valence-corrected chi connectivity index (χ4v) is 3.80. The number of aryl methyl sites for hydroxylation is 1. The molecule has 0 aliphatic carbocycles. The predicted molar refractivity (Wildman–Crippen MR) is 126 cm³/mol. The minimum Gasteiger partial charge on any atom is -0.507 e. The molecule has 168 valence electrons. The highest BCUT2D eigenvalue weighted by molar-refractivity contribution is 6.46. The number of carbonyl (C=O) groups excluding carboxylic acids is 2. The molecule has 1 amide bonds. The molecule has 2 aromatic carbocycles. The van der Waals surface area contributed by atoms with E-state index in [9.17, 15) is 14.7 Å². The minimum atomic E-state index is -0.704. The number of nitrogens with zero attached hydrogens (tertiary/aromatic N) is 2. The molecule has 1 N–H and O–H groups in total. The zero-order chi connectivity index (χ0) is 23.4. The zero-order valence-corrected chi connectivity index (χ0v) is 19.2. The number of rotatable bonds is 8. The van der Waals surface area contributed by atoms with Crippen LogP contribution in [0.25, 0.3) is 5.76 Å². The Kier molecular flexibility index (Phi) is 7.38. The first kappa shape index (κ1) is 23.6. The summed E-state index contributed by atoms with van der Waals surface area (Å²) in [5.74, 6) is -0.891. The van der Waals surface area contributed by atoms with E-state index < -0.39 is 17.7 Å². The largest absolute Gasteiger partial charge is 0.507 e. The highest BCUT2D eigenvalue weighted by atomic mass is 35.5. The number of hydrogen-bond donors (Lipinski definition) is 1.